The van der Waals surface area contributed by atoms with Crippen molar-refractivity contribution in [3.8, 4) is 5.75 Å². The molecule has 114 valence electrons. The summed E-state index contributed by atoms with van der Waals surface area (Å²) in [5.41, 5.74) is 2.74. The van der Waals surface area contributed by atoms with E-state index in [1.807, 2.05) is 13.8 Å². The third-order valence-corrected chi connectivity index (χ3v) is 2.99. The molecule has 1 atom stereocenters. The monoisotopic (exact) mass is 311 g/mol. The largest absolute Gasteiger partial charge is 0.496 e. The van der Waals surface area contributed by atoms with E-state index in [0.29, 0.717) is 16.3 Å². The normalized spacial score (nSPS) is 12.0. The second-order valence-electron chi connectivity index (χ2n) is 4.37. The molecule has 0 saturated carbocycles. The number of hydrogen-bond acceptors (Lipinski definition) is 4. The summed E-state index contributed by atoms with van der Waals surface area (Å²) in [4.78, 5) is 23.0. The summed E-state index contributed by atoms with van der Waals surface area (Å²) in [5, 5.41) is 6.77. The number of amides is 2. The zero-order valence-electron chi connectivity index (χ0n) is 12.1. The molecule has 0 unspecified atom stereocenters. The van der Waals surface area contributed by atoms with Gasteiger partial charge in [-0.25, -0.2) is 5.43 Å². The van der Waals surface area contributed by atoms with E-state index in [4.69, 9.17) is 16.3 Å². The maximum atomic E-state index is 11.5. The van der Waals surface area contributed by atoms with E-state index < -0.39 is 11.8 Å². The highest BCUT2D eigenvalue weighted by Crippen LogP contribution is 2.20. The number of nitrogens with one attached hydrogen (secondary N) is 2. The molecule has 0 fully saturated rings. The van der Waals surface area contributed by atoms with Gasteiger partial charge in [-0.2, -0.15) is 5.10 Å². The lowest BCUT2D eigenvalue weighted by Crippen LogP contribution is -2.41. The topological polar surface area (TPSA) is 79.8 Å². The molecule has 1 aromatic rings. The Morgan fingerprint density at radius 3 is 2.76 bits per heavy atom. The van der Waals surface area contributed by atoms with Crippen LogP contribution < -0.4 is 15.5 Å². The average molecular weight is 312 g/mol. The van der Waals surface area contributed by atoms with Gasteiger partial charge in [-0.15, -0.1) is 0 Å². The summed E-state index contributed by atoms with van der Waals surface area (Å²) in [6.07, 6.45) is 2.10. The Kier molecular flexibility index (Phi) is 6.68. The molecule has 1 rings (SSSR count). The number of benzene rings is 1. The Morgan fingerprint density at radius 1 is 1.43 bits per heavy atom. The van der Waals surface area contributed by atoms with E-state index in [0.717, 1.165) is 6.42 Å². The first-order valence-electron chi connectivity index (χ1n) is 6.45. The van der Waals surface area contributed by atoms with Gasteiger partial charge in [-0.05, 0) is 31.5 Å². The molecule has 0 aliphatic carbocycles. The fraction of sp³-hybridized carbons (Fsp3) is 0.357. The molecule has 2 amide bonds. The van der Waals surface area contributed by atoms with Crippen LogP contribution in [0.4, 0.5) is 0 Å². The third-order valence-electron chi connectivity index (χ3n) is 2.76. The third kappa shape index (κ3) is 5.43. The Bertz CT molecular complexity index is 546. The smallest absolute Gasteiger partial charge is 0.329 e. The molecule has 0 radical (unpaired) electrons. The molecule has 0 aromatic heterocycles. The van der Waals surface area contributed by atoms with Crippen molar-refractivity contribution in [2.24, 2.45) is 5.10 Å². The van der Waals surface area contributed by atoms with Crippen molar-refractivity contribution in [1.29, 1.82) is 0 Å². The van der Waals surface area contributed by atoms with Gasteiger partial charge in [-0.1, -0.05) is 18.5 Å². The van der Waals surface area contributed by atoms with Gasteiger partial charge < -0.3 is 10.1 Å². The summed E-state index contributed by atoms with van der Waals surface area (Å²) in [6, 6.07) is 4.92. The lowest BCUT2D eigenvalue weighted by atomic mass is 10.2. The van der Waals surface area contributed by atoms with Gasteiger partial charge in [0.25, 0.3) is 0 Å². The number of halogens is 1. The zero-order valence-corrected chi connectivity index (χ0v) is 12.9. The van der Waals surface area contributed by atoms with Crippen molar-refractivity contribution in [1.82, 2.24) is 10.7 Å². The predicted molar refractivity (Wildman–Crippen MR) is 81.6 cm³/mol. The molecule has 0 heterocycles. The number of ether oxygens (including phenoxy) is 1. The summed E-state index contributed by atoms with van der Waals surface area (Å²) in [7, 11) is 1.51. The van der Waals surface area contributed by atoms with Crippen molar-refractivity contribution in [2.45, 2.75) is 26.3 Å². The highest BCUT2D eigenvalue weighted by Gasteiger charge is 2.14. The number of methoxy groups -OCH3 is 1. The lowest BCUT2D eigenvalue weighted by Gasteiger charge is -2.09. The molecular formula is C14H18ClN3O3. The Hall–Kier alpha value is -2.08. The van der Waals surface area contributed by atoms with Gasteiger partial charge in [0, 0.05) is 16.6 Å². The summed E-state index contributed by atoms with van der Waals surface area (Å²) >= 11 is 5.87. The van der Waals surface area contributed by atoms with Gasteiger partial charge in [0.05, 0.1) is 13.3 Å². The van der Waals surface area contributed by atoms with Crippen molar-refractivity contribution in [3.05, 3.63) is 28.8 Å². The molecule has 0 spiro atoms. The highest BCUT2D eigenvalue weighted by molar-refractivity contribution is 6.35. The first kappa shape index (κ1) is 17.0. The minimum absolute atomic E-state index is 0.0692. The van der Waals surface area contributed by atoms with Gasteiger partial charge in [0.1, 0.15) is 5.75 Å². The number of carbonyl (C=O) groups excluding carboxylic acids is 2. The molecule has 0 saturated heterocycles. The standard InChI is InChI=1S/C14H18ClN3O3/c1-4-9(2)17-13(19)14(20)18-16-8-10-7-11(15)5-6-12(10)21-3/h5-9H,4H2,1-3H3,(H,17,19)(H,18,20)/b16-8-/t9-/m1/s1. The van der Waals surface area contributed by atoms with Crippen LogP contribution in [0.3, 0.4) is 0 Å². The maximum absolute atomic E-state index is 11.5. The molecule has 2 N–H and O–H groups in total. The average Bonchev–Trinajstić information content (AvgIpc) is 2.47. The van der Waals surface area contributed by atoms with Crippen molar-refractivity contribution >= 4 is 29.6 Å². The van der Waals surface area contributed by atoms with Gasteiger partial charge in [0.2, 0.25) is 0 Å². The number of carbonyl (C=O) groups is 2. The fourth-order valence-corrected chi connectivity index (χ4v) is 1.59. The van der Waals surface area contributed by atoms with Crippen LogP contribution >= 0.6 is 11.6 Å². The van der Waals surface area contributed by atoms with E-state index >= 15 is 0 Å². The van der Waals surface area contributed by atoms with Gasteiger partial charge in [-0.3, -0.25) is 9.59 Å². The van der Waals surface area contributed by atoms with E-state index in [-0.39, 0.29) is 6.04 Å². The van der Waals surface area contributed by atoms with Crippen LogP contribution in [-0.2, 0) is 9.59 Å². The Labute approximate surface area is 128 Å². The second kappa shape index (κ2) is 8.26. The van der Waals surface area contributed by atoms with Crippen molar-refractivity contribution in [3.63, 3.8) is 0 Å². The second-order valence-corrected chi connectivity index (χ2v) is 4.80. The quantitative estimate of drug-likeness (QED) is 0.493. The zero-order chi connectivity index (χ0) is 15.8. The summed E-state index contributed by atoms with van der Waals surface area (Å²) in [6.45, 7) is 3.72. The SMILES string of the molecule is CC[C@@H](C)NC(=O)C(=O)N/N=C\c1cc(Cl)ccc1OC. The summed E-state index contributed by atoms with van der Waals surface area (Å²) < 4.78 is 5.13. The van der Waals surface area contributed by atoms with E-state index in [2.05, 4.69) is 15.8 Å². The van der Waals surface area contributed by atoms with Crippen LogP contribution in [0.25, 0.3) is 0 Å². The molecule has 1 aromatic carbocycles. The van der Waals surface area contributed by atoms with Crippen molar-refractivity contribution in [2.75, 3.05) is 7.11 Å². The number of nitrogens with zero attached hydrogens (tertiary/aromatic N) is 1. The molecule has 0 aliphatic heterocycles. The number of hydrogen-bond donors (Lipinski definition) is 2. The van der Waals surface area contributed by atoms with Crippen LogP contribution in [0.1, 0.15) is 25.8 Å². The minimum Gasteiger partial charge on any atom is -0.496 e. The molecule has 0 aliphatic rings. The maximum Gasteiger partial charge on any atom is 0.329 e. The molecule has 21 heavy (non-hydrogen) atoms. The minimum atomic E-state index is -0.826. The predicted octanol–water partition coefficient (Wildman–Crippen LogP) is 1.71. The van der Waals surface area contributed by atoms with Crippen molar-refractivity contribution < 1.29 is 14.3 Å². The summed E-state index contributed by atoms with van der Waals surface area (Å²) in [5.74, 6) is -0.992. The number of rotatable bonds is 5. The van der Waals surface area contributed by atoms with E-state index in [9.17, 15) is 9.59 Å². The highest BCUT2D eigenvalue weighted by atomic mass is 35.5. The van der Waals surface area contributed by atoms with Crippen LogP contribution in [0, 0.1) is 0 Å². The van der Waals surface area contributed by atoms with Gasteiger partial charge in [0.15, 0.2) is 0 Å². The van der Waals surface area contributed by atoms with Crippen LogP contribution in [-0.4, -0.2) is 31.2 Å². The number of hydrazone groups is 1. The lowest BCUT2D eigenvalue weighted by molar-refractivity contribution is -0.139. The Balaban J connectivity index is 2.64. The van der Waals surface area contributed by atoms with E-state index in [1.54, 1.807) is 18.2 Å². The Morgan fingerprint density at radius 2 is 2.14 bits per heavy atom. The van der Waals surface area contributed by atoms with Crippen LogP contribution in [0.5, 0.6) is 5.75 Å². The first-order valence-corrected chi connectivity index (χ1v) is 6.83. The van der Waals surface area contributed by atoms with Gasteiger partial charge >= 0.3 is 11.8 Å². The van der Waals surface area contributed by atoms with Crippen LogP contribution in [0.2, 0.25) is 5.02 Å². The van der Waals surface area contributed by atoms with E-state index in [1.165, 1.54) is 13.3 Å². The molecule has 0 bridgehead atoms. The van der Waals surface area contributed by atoms with Crippen LogP contribution in [0.15, 0.2) is 23.3 Å². The molecule has 6 nitrogen and oxygen atoms in total. The fourth-order valence-electron chi connectivity index (χ4n) is 1.41. The molecular weight excluding hydrogens is 294 g/mol. The first-order chi connectivity index (χ1) is 9.97. The molecule has 7 heteroatoms.